The Morgan fingerprint density at radius 3 is 2.92 bits per heavy atom. The van der Waals surface area contributed by atoms with Crippen LogP contribution in [0.2, 0.25) is 0 Å². The first-order valence-corrected chi connectivity index (χ1v) is 8.72. The zero-order chi connectivity index (χ0) is 17.9. The molecule has 0 spiro atoms. The molecule has 1 unspecified atom stereocenters. The number of methoxy groups -OCH3 is 2. The summed E-state index contributed by atoms with van der Waals surface area (Å²) in [6.45, 7) is 4.03. The van der Waals surface area contributed by atoms with E-state index in [4.69, 9.17) is 14.2 Å². The van der Waals surface area contributed by atoms with E-state index in [-0.39, 0.29) is 6.04 Å². The van der Waals surface area contributed by atoms with Gasteiger partial charge in [-0.15, -0.1) is 0 Å². The fourth-order valence-corrected chi connectivity index (χ4v) is 2.68. The van der Waals surface area contributed by atoms with E-state index in [1.807, 2.05) is 4.68 Å². The lowest BCUT2D eigenvalue weighted by Crippen LogP contribution is -2.47. The molecule has 2 N–H and O–H groups in total. The molecule has 2 heterocycles. The summed E-state index contributed by atoms with van der Waals surface area (Å²) in [5.74, 6) is 2.58. The molecule has 0 amide bonds. The van der Waals surface area contributed by atoms with Gasteiger partial charge in [0.05, 0.1) is 19.8 Å². The number of hydrogen-bond donors (Lipinski definition) is 2. The predicted octanol–water partition coefficient (Wildman–Crippen LogP) is -0.0426. The molecule has 25 heavy (non-hydrogen) atoms. The van der Waals surface area contributed by atoms with E-state index in [9.17, 15) is 0 Å². The molecule has 9 heteroatoms. The van der Waals surface area contributed by atoms with Gasteiger partial charge in [0, 0.05) is 46.9 Å². The Bertz CT molecular complexity index is 534. The second-order valence-corrected chi connectivity index (χ2v) is 5.90. The largest absolute Gasteiger partial charge is 0.382 e. The minimum absolute atomic E-state index is 0.286. The molecule has 0 fully saturated rings. The number of rotatable bonds is 10. The average molecular weight is 354 g/mol. The predicted molar refractivity (Wildman–Crippen MR) is 94.7 cm³/mol. The van der Waals surface area contributed by atoms with Gasteiger partial charge in [-0.05, 0) is 12.8 Å². The first-order chi connectivity index (χ1) is 12.3. The van der Waals surface area contributed by atoms with E-state index < -0.39 is 0 Å². The number of ether oxygens (including phenoxy) is 3. The summed E-state index contributed by atoms with van der Waals surface area (Å²) in [7, 11) is 5.11. The van der Waals surface area contributed by atoms with Gasteiger partial charge in [-0.2, -0.15) is 5.10 Å². The lowest BCUT2D eigenvalue weighted by molar-refractivity contribution is 0.0698. The highest BCUT2D eigenvalue weighted by atomic mass is 16.5. The van der Waals surface area contributed by atoms with Gasteiger partial charge in [0.2, 0.25) is 0 Å². The van der Waals surface area contributed by atoms with Crippen LogP contribution in [-0.4, -0.2) is 74.4 Å². The molecule has 9 nitrogen and oxygen atoms in total. The molecule has 1 aliphatic rings. The van der Waals surface area contributed by atoms with Crippen molar-refractivity contribution in [2.75, 3.05) is 47.6 Å². The molecule has 2 rings (SSSR count). The third-order valence-corrected chi connectivity index (χ3v) is 3.93. The summed E-state index contributed by atoms with van der Waals surface area (Å²) in [6, 6.07) is 0.286. The van der Waals surface area contributed by atoms with Crippen LogP contribution in [-0.2, 0) is 33.8 Å². The third kappa shape index (κ3) is 6.60. The van der Waals surface area contributed by atoms with Crippen molar-refractivity contribution in [3.05, 3.63) is 11.6 Å². The molecule has 142 valence electrons. The fraction of sp³-hybridized carbons (Fsp3) is 0.812. The number of aromatic nitrogens is 3. The second kappa shape index (κ2) is 11.0. The van der Waals surface area contributed by atoms with Crippen molar-refractivity contribution in [2.45, 2.75) is 38.5 Å². The Hall–Kier alpha value is -1.71. The van der Waals surface area contributed by atoms with Crippen LogP contribution < -0.4 is 10.6 Å². The summed E-state index contributed by atoms with van der Waals surface area (Å²) in [5.41, 5.74) is 0. The maximum Gasteiger partial charge on any atom is 0.191 e. The minimum atomic E-state index is 0.286. The minimum Gasteiger partial charge on any atom is -0.382 e. The molecule has 0 bridgehead atoms. The highest BCUT2D eigenvalue weighted by Crippen LogP contribution is 2.13. The Morgan fingerprint density at radius 1 is 1.28 bits per heavy atom. The van der Waals surface area contributed by atoms with Crippen LogP contribution in [0, 0.1) is 0 Å². The van der Waals surface area contributed by atoms with Crippen LogP contribution in [0.3, 0.4) is 0 Å². The molecule has 1 aromatic rings. The van der Waals surface area contributed by atoms with Gasteiger partial charge in [-0.3, -0.25) is 4.99 Å². The highest BCUT2D eigenvalue weighted by molar-refractivity contribution is 5.79. The average Bonchev–Trinajstić information content (AvgIpc) is 3.02. The number of nitrogens with zero attached hydrogens (tertiary/aromatic N) is 4. The second-order valence-electron chi connectivity index (χ2n) is 5.90. The first kappa shape index (κ1) is 19.6. The van der Waals surface area contributed by atoms with Crippen molar-refractivity contribution in [1.82, 2.24) is 25.4 Å². The summed E-state index contributed by atoms with van der Waals surface area (Å²) in [6.07, 6.45) is 2.83. The molecule has 0 aromatic carbocycles. The fourth-order valence-electron chi connectivity index (χ4n) is 2.68. The smallest absolute Gasteiger partial charge is 0.191 e. The van der Waals surface area contributed by atoms with Crippen LogP contribution in [0.1, 0.15) is 24.5 Å². The van der Waals surface area contributed by atoms with E-state index in [0.717, 1.165) is 50.0 Å². The molecule has 1 atom stereocenters. The standard InChI is InChI=1S/C16H30N6O3/c1-17-16(18-7-4-8-25-10-9-23-2)19-13-5-6-15-20-14(12-24-3)21-22(15)11-13/h13H,4-12H2,1-3H3,(H2,17,18,19). The Labute approximate surface area is 149 Å². The molecule has 1 aromatic heterocycles. The topological polar surface area (TPSA) is 94.8 Å². The SMILES string of the molecule is CN=C(NCCCOCCOC)NC1CCc2nc(COC)nn2C1. The Morgan fingerprint density at radius 2 is 2.16 bits per heavy atom. The molecule has 0 saturated heterocycles. The lowest BCUT2D eigenvalue weighted by atomic mass is 10.1. The number of nitrogens with one attached hydrogen (secondary N) is 2. The summed E-state index contributed by atoms with van der Waals surface area (Å²) < 4.78 is 17.5. The summed E-state index contributed by atoms with van der Waals surface area (Å²) in [4.78, 5) is 8.78. The van der Waals surface area contributed by atoms with E-state index in [0.29, 0.717) is 26.4 Å². The summed E-state index contributed by atoms with van der Waals surface area (Å²) >= 11 is 0. The molecule has 1 aliphatic heterocycles. The van der Waals surface area contributed by atoms with Crippen molar-refractivity contribution in [3.8, 4) is 0 Å². The zero-order valence-corrected chi connectivity index (χ0v) is 15.5. The Kier molecular flexibility index (Phi) is 8.64. The van der Waals surface area contributed by atoms with Gasteiger partial charge in [0.25, 0.3) is 0 Å². The van der Waals surface area contributed by atoms with Gasteiger partial charge in [0.15, 0.2) is 11.8 Å². The quantitative estimate of drug-likeness (QED) is 0.346. The normalized spacial score (nSPS) is 17.4. The van der Waals surface area contributed by atoms with Crippen LogP contribution >= 0.6 is 0 Å². The van der Waals surface area contributed by atoms with Gasteiger partial charge in [0.1, 0.15) is 12.4 Å². The number of guanidine groups is 1. The van der Waals surface area contributed by atoms with Crippen LogP contribution in [0.5, 0.6) is 0 Å². The highest BCUT2D eigenvalue weighted by Gasteiger charge is 2.22. The molecule has 0 aliphatic carbocycles. The Balaban J connectivity index is 1.69. The van der Waals surface area contributed by atoms with Gasteiger partial charge in [-0.25, -0.2) is 9.67 Å². The van der Waals surface area contributed by atoms with Crippen LogP contribution in [0.15, 0.2) is 4.99 Å². The third-order valence-electron chi connectivity index (χ3n) is 3.93. The maximum atomic E-state index is 5.45. The van der Waals surface area contributed by atoms with Crippen molar-refractivity contribution < 1.29 is 14.2 Å². The molecule has 0 radical (unpaired) electrons. The van der Waals surface area contributed by atoms with Crippen molar-refractivity contribution >= 4 is 5.96 Å². The van der Waals surface area contributed by atoms with Crippen molar-refractivity contribution in [1.29, 1.82) is 0 Å². The first-order valence-electron chi connectivity index (χ1n) is 8.72. The number of aryl methyl sites for hydroxylation is 1. The number of aliphatic imine (C=N–C) groups is 1. The number of hydrogen-bond acceptors (Lipinski definition) is 6. The van der Waals surface area contributed by atoms with Crippen molar-refractivity contribution in [2.24, 2.45) is 4.99 Å². The van der Waals surface area contributed by atoms with Gasteiger partial charge < -0.3 is 24.8 Å². The van der Waals surface area contributed by atoms with E-state index in [1.165, 1.54) is 0 Å². The zero-order valence-electron chi connectivity index (χ0n) is 15.5. The number of fused-ring (bicyclic) bond motifs is 1. The monoisotopic (exact) mass is 354 g/mol. The van der Waals surface area contributed by atoms with Gasteiger partial charge in [-0.1, -0.05) is 0 Å². The van der Waals surface area contributed by atoms with Crippen LogP contribution in [0.4, 0.5) is 0 Å². The molecular weight excluding hydrogens is 324 g/mol. The van der Waals surface area contributed by atoms with E-state index in [1.54, 1.807) is 21.3 Å². The molecular formula is C16H30N6O3. The maximum absolute atomic E-state index is 5.45. The van der Waals surface area contributed by atoms with Crippen molar-refractivity contribution in [3.63, 3.8) is 0 Å². The lowest BCUT2D eigenvalue weighted by Gasteiger charge is -2.25. The van der Waals surface area contributed by atoms with E-state index in [2.05, 4.69) is 25.7 Å². The summed E-state index contributed by atoms with van der Waals surface area (Å²) in [5, 5.41) is 11.3. The van der Waals surface area contributed by atoms with E-state index >= 15 is 0 Å². The van der Waals surface area contributed by atoms with Crippen LogP contribution in [0.25, 0.3) is 0 Å². The van der Waals surface area contributed by atoms with Gasteiger partial charge >= 0.3 is 0 Å². The molecule has 0 saturated carbocycles.